The molecule has 0 amide bonds. The maximum absolute atomic E-state index is 11.4. The van der Waals surface area contributed by atoms with Gasteiger partial charge in [0.25, 0.3) is 9.05 Å². The van der Waals surface area contributed by atoms with Crippen molar-refractivity contribution in [3.63, 3.8) is 0 Å². The summed E-state index contributed by atoms with van der Waals surface area (Å²) in [6.45, 7) is 4.45. The highest BCUT2D eigenvalue weighted by atomic mass is 35.7. The zero-order valence-corrected chi connectivity index (χ0v) is 14.9. The van der Waals surface area contributed by atoms with E-state index in [2.05, 4.69) is 13.8 Å². The molecular formula is C14H17Cl3O3S. The molecule has 1 aliphatic carbocycles. The number of ether oxygens (including phenoxy) is 1. The molecule has 0 N–H and O–H groups in total. The van der Waals surface area contributed by atoms with Crippen LogP contribution in [0.4, 0.5) is 0 Å². The van der Waals surface area contributed by atoms with Gasteiger partial charge in [-0.1, -0.05) is 37.0 Å². The van der Waals surface area contributed by atoms with E-state index in [9.17, 15) is 8.42 Å². The first-order chi connectivity index (χ1) is 9.70. The van der Waals surface area contributed by atoms with Gasteiger partial charge in [-0.25, -0.2) is 8.42 Å². The van der Waals surface area contributed by atoms with Gasteiger partial charge >= 0.3 is 0 Å². The van der Waals surface area contributed by atoms with Gasteiger partial charge in [-0.15, -0.1) is 0 Å². The second kappa shape index (κ2) is 6.53. The summed E-state index contributed by atoms with van der Waals surface area (Å²) in [5, 5.41) is -0.00828. The summed E-state index contributed by atoms with van der Waals surface area (Å²) >= 11 is 12.1. The molecule has 118 valence electrons. The lowest BCUT2D eigenvalue weighted by Crippen LogP contribution is -2.28. The second-order valence-corrected chi connectivity index (χ2v) is 8.93. The highest BCUT2D eigenvalue weighted by molar-refractivity contribution is 8.13. The van der Waals surface area contributed by atoms with Crippen molar-refractivity contribution in [3.8, 4) is 5.75 Å². The Labute approximate surface area is 139 Å². The Morgan fingerprint density at radius 2 is 1.76 bits per heavy atom. The van der Waals surface area contributed by atoms with Crippen LogP contribution in [-0.4, -0.2) is 14.5 Å². The van der Waals surface area contributed by atoms with E-state index in [1.807, 2.05) is 0 Å². The van der Waals surface area contributed by atoms with Gasteiger partial charge in [-0.05, 0) is 43.2 Å². The van der Waals surface area contributed by atoms with Gasteiger partial charge in [-0.2, -0.15) is 0 Å². The minimum absolute atomic E-state index is 0.0724. The predicted molar refractivity (Wildman–Crippen MR) is 86.1 cm³/mol. The maximum Gasteiger partial charge on any atom is 0.262 e. The van der Waals surface area contributed by atoms with Crippen molar-refractivity contribution < 1.29 is 13.2 Å². The first-order valence-electron chi connectivity index (χ1n) is 6.79. The zero-order valence-electron chi connectivity index (χ0n) is 11.8. The third-order valence-corrected chi connectivity index (χ3v) is 6.46. The lowest BCUT2D eigenvalue weighted by Gasteiger charge is -2.32. The normalized spacial score (nSPS) is 26.6. The molecule has 0 heterocycles. The van der Waals surface area contributed by atoms with Crippen molar-refractivity contribution in [1.29, 1.82) is 0 Å². The summed E-state index contributed by atoms with van der Waals surface area (Å²) in [6.07, 6.45) is 3.08. The van der Waals surface area contributed by atoms with Crippen LogP contribution in [0.2, 0.25) is 10.0 Å². The molecule has 0 aliphatic heterocycles. The fourth-order valence-corrected chi connectivity index (χ4v) is 4.36. The van der Waals surface area contributed by atoms with Crippen LogP contribution in [0.3, 0.4) is 0 Å². The molecule has 2 rings (SSSR count). The highest BCUT2D eigenvalue weighted by Gasteiger charge is 2.27. The summed E-state index contributed by atoms with van der Waals surface area (Å²) in [4.78, 5) is -0.200. The van der Waals surface area contributed by atoms with Crippen LogP contribution < -0.4 is 4.74 Å². The number of hydrogen-bond donors (Lipinski definition) is 0. The zero-order chi connectivity index (χ0) is 15.8. The van der Waals surface area contributed by atoms with Gasteiger partial charge in [0.15, 0.2) is 0 Å². The van der Waals surface area contributed by atoms with Crippen LogP contribution in [0, 0.1) is 11.8 Å². The molecule has 21 heavy (non-hydrogen) atoms. The molecule has 0 radical (unpaired) electrons. The Morgan fingerprint density at radius 3 is 2.33 bits per heavy atom. The first kappa shape index (κ1) is 17.2. The van der Waals surface area contributed by atoms with Crippen LogP contribution >= 0.6 is 33.9 Å². The van der Waals surface area contributed by atoms with Gasteiger partial charge in [0.1, 0.15) is 15.7 Å². The smallest absolute Gasteiger partial charge is 0.262 e. The fourth-order valence-electron chi connectivity index (χ4n) is 2.58. The number of halogens is 3. The van der Waals surface area contributed by atoms with Crippen LogP contribution in [-0.2, 0) is 9.05 Å². The average molecular weight is 372 g/mol. The van der Waals surface area contributed by atoms with Gasteiger partial charge in [0.05, 0.1) is 11.1 Å². The molecular weight excluding hydrogens is 355 g/mol. The Hall–Kier alpha value is -0.160. The number of rotatable bonds is 3. The van der Waals surface area contributed by atoms with Gasteiger partial charge in [0, 0.05) is 10.7 Å². The van der Waals surface area contributed by atoms with E-state index in [0.717, 1.165) is 19.3 Å². The predicted octanol–water partition coefficient (Wildman–Crippen LogP) is 5.12. The van der Waals surface area contributed by atoms with E-state index in [4.69, 9.17) is 38.6 Å². The lowest BCUT2D eigenvalue weighted by molar-refractivity contribution is 0.101. The Balaban J connectivity index is 2.21. The quantitative estimate of drug-likeness (QED) is 0.692. The van der Waals surface area contributed by atoms with E-state index in [-0.39, 0.29) is 21.0 Å². The largest absolute Gasteiger partial charge is 0.489 e. The number of hydrogen-bond acceptors (Lipinski definition) is 3. The summed E-state index contributed by atoms with van der Waals surface area (Å²) < 4.78 is 28.6. The second-order valence-electron chi connectivity index (χ2n) is 5.64. The highest BCUT2D eigenvalue weighted by Crippen LogP contribution is 2.40. The molecule has 0 spiro atoms. The van der Waals surface area contributed by atoms with E-state index in [1.165, 1.54) is 12.1 Å². The third-order valence-electron chi connectivity index (χ3n) is 4.12. The molecule has 1 fully saturated rings. The standard InChI is InChI=1S/C14H17Cl3O3S/c1-8-3-4-10(7-9(8)2)20-11-5-6-12(21(17,18)19)14(16)13(11)15/h5-6,8-10H,3-4,7H2,1-2H3. The Bertz CT molecular complexity index is 631. The van der Waals surface area contributed by atoms with E-state index in [1.54, 1.807) is 0 Å². The van der Waals surface area contributed by atoms with Crippen molar-refractivity contribution in [3.05, 3.63) is 22.2 Å². The van der Waals surface area contributed by atoms with E-state index < -0.39 is 9.05 Å². The van der Waals surface area contributed by atoms with Crippen LogP contribution in [0.5, 0.6) is 5.75 Å². The molecule has 0 bridgehead atoms. The SMILES string of the molecule is CC1CCC(Oc2ccc(S(=O)(=O)Cl)c(Cl)c2Cl)CC1C. The van der Waals surface area contributed by atoms with Crippen LogP contribution in [0.15, 0.2) is 17.0 Å². The van der Waals surface area contributed by atoms with E-state index >= 15 is 0 Å². The minimum Gasteiger partial charge on any atom is -0.489 e. The van der Waals surface area contributed by atoms with Gasteiger partial charge in [0.2, 0.25) is 0 Å². The molecule has 0 aromatic heterocycles. The topological polar surface area (TPSA) is 43.4 Å². The molecule has 3 unspecified atom stereocenters. The van der Waals surface area contributed by atoms with Gasteiger partial charge in [-0.3, -0.25) is 0 Å². The van der Waals surface area contributed by atoms with Crippen LogP contribution in [0.25, 0.3) is 0 Å². The molecule has 3 nitrogen and oxygen atoms in total. The Morgan fingerprint density at radius 1 is 1.10 bits per heavy atom. The molecule has 1 aromatic rings. The van der Waals surface area contributed by atoms with Crippen molar-refractivity contribution in [2.75, 3.05) is 0 Å². The summed E-state index contributed by atoms with van der Waals surface area (Å²) in [6, 6.07) is 2.83. The Kier molecular flexibility index (Phi) is 5.35. The first-order valence-corrected chi connectivity index (χ1v) is 9.86. The minimum atomic E-state index is -3.92. The molecule has 0 saturated heterocycles. The van der Waals surface area contributed by atoms with Gasteiger partial charge < -0.3 is 4.74 Å². The lowest BCUT2D eigenvalue weighted by atomic mass is 9.80. The number of benzene rings is 1. The summed E-state index contributed by atoms with van der Waals surface area (Å²) in [7, 11) is 1.38. The van der Waals surface area contributed by atoms with Crippen molar-refractivity contribution >= 4 is 42.9 Å². The molecule has 3 atom stereocenters. The fraction of sp³-hybridized carbons (Fsp3) is 0.571. The average Bonchev–Trinajstić information content (AvgIpc) is 2.38. The molecule has 1 aromatic carbocycles. The maximum atomic E-state index is 11.4. The van der Waals surface area contributed by atoms with Crippen LogP contribution in [0.1, 0.15) is 33.1 Å². The summed E-state index contributed by atoms with van der Waals surface area (Å²) in [5.41, 5.74) is 0. The summed E-state index contributed by atoms with van der Waals surface area (Å²) in [5.74, 6) is 1.67. The molecule has 1 saturated carbocycles. The van der Waals surface area contributed by atoms with E-state index in [0.29, 0.717) is 17.6 Å². The monoisotopic (exact) mass is 370 g/mol. The molecule has 7 heteroatoms. The van der Waals surface area contributed by atoms with Crippen molar-refractivity contribution in [2.24, 2.45) is 11.8 Å². The van der Waals surface area contributed by atoms with Crippen molar-refractivity contribution in [2.45, 2.75) is 44.1 Å². The molecule has 1 aliphatic rings. The third kappa shape index (κ3) is 3.98. The van der Waals surface area contributed by atoms with Crippen molar-refractivity contribution in [1.82, 2.24) is 0 Å².